The van der Waals surface area contributed by atoms with Crippen LogP contribution in [0.4, 0.5) is 0 Å². The molecule has 2 saturated carbocycles. The van der Waals surface area contributed by atoms with E-state index in [4.69, 9.17) is 9.47 Å². The van der Waals surface area contributed by atoms with E-state index in [1.807, 2.05) is 0 Å². The van der Waals surface area contributed by atoms with Gasteiger partial charge in [0.05, 0.1) is 18.6 Å². The van der Waals surface area contributed by atoms with Gasteiger partial charge in [0, 0.05) is 50.5 Å². The second-order valence-corrected chi connectivity index (χ2v) is 11.5. The van der Waals surface area contributed by atoms with Crippen molar-refractivity contribution in [2.24, 2.45) is 23.2 Å². The molecule has 1 spiro atoms. The Hall–Kier alpha value is -0.690. The molecule has 6 nitrogen and oxygen atoms in total. The molecule has 0 aromatic rings. The molecule has 1 unspecified atom stereocenters. The number of carbonyl (C=O) groups excluding carboxylic acids is 1. The molecule has 6 fully saturated rings. The van der Waals surface area contributed by atoms with E-state index in [1.165, 1.54) is 45.1 Å². The second kappa shape index (κ2) is 7.16. The van der Waals surface area contributed by atoms with Crippen LogP contribution in [0.15, 0.2) is 0 Å². The smallest absolute Gasteiger partial charge is 0.311 e. The van der Waals surface area contributed by atoms with Gasteiger partial charge in [-0.3, -0.25) is 14.6 Å². The average Bonchev–Trinajstić information content (AvgIpc) is 3.44. The van der Waals surface area contributed by atoms with Crippen LogP contribution in [0.5, 0.6) is 0 Å². The van der Waals surface area contributed by atoms with Crippen molar-refractivity contribution >= 4 is 5.97 Å². The van der Waals surface area contributed by atoms with Gasteiger partial charge in [-0.15, -0.1) is 0 Å². The van der Waals surface area contributed by atoms with Crippen molar-refractivity contribution in [2.75, 3.05) is 39.3 Å². The first-order chi connectivity index (χ1) is 14.5. The second-order valence-electron chi connectivity index (χ2n) is 11.5. The molecular formula is C24H40N3O3+. The third kappa shape index (κ3) is 2.86. The quantitative estimate of drug-likeness (QED) is 0.551. The zero-order valence-corrected chi connectivity index (χ0v) is 18.9. The fraction of sp³-hybridized carbons (Fsp3) is 0.958. The molecule has 6 aliphatic rings. The van der Waals surface area contributed by atoms with Crippen molar-refractivity contribution in [1.82, 2.24) is 9.80 Å². The van der Waals surface area contributed by atoms with Crippen LogP contribution < -0.4 is 5.32 Å². The Morgan fingerprint density at radius 2 is 1.97 bits per heavy atom. The lowest BCUT2D eigenvalue weighted by Gasteiger charge is -2.49. The van der Waals surface area contributed by atoms with Crippen LogP contribution in [0.1, 0.15) is 58.8 Å². The summed E-state index contributed by atoms with van der Waals surface area (Å²) in [6, 6.07) is 0. The Morgan fingerprint density at radius 1 is 1.13 bits per heavy atom. The normalized spacial score (nSPS) is 51.6. The van der Waals surface area contributed by atoms with Gasteiger partial charge in [-0.1, -0.05) is 20.3 Å². The minimum Gasteiger partial charge on any atom is -0.462 e. The van der Waals surface area contributed by atoms with E-state index in [2.05, 4.69) is 29.0 Å². The Morgan fingerprint density at radius 3 is 2.73 bits per heavy atom. The molecule has 4 heterocycles. The lowest BCUT2D eigenvalue weighted by molar-refractivity contribution is -0.717. The van der Waals surface area contributed by atoms with Gasteiger partial charge in [-0.05, 0) is 38.0 Å². The number of fused-ring (bicyclic) bond motifs is 2. The van der Waals surface area contributed by atoms with Gasteiger partial charge in [0.2, 0.25) is 0 Å². The number of esters is 1. The molecule has 168 valence electrons. The first kappa shape index (κ1) is 20.0. The first-order valence-electron chi connectivity index (χ1n) is 12.7. The molecule has 0 aromatic carbocycles. The van der Waals surface area contributed by atoms with Gasteiger partial charge in [-0.2, -0.15) is 0 Å². The van der Waals surface area contributed by atoms with E-state index in [9.17, 15) is 4.79 Å². The van der Waals surface area contributed by atoms with Crippen molar-refractivity contribution in [2.45, 2.75) is 82.8 Å². The largest absolute Gasteiger partial charge is 0.462 e. The Bertz CT molecular complexity index is 689. The Labute approximate surface area is 181 Å². The zero-order chi connectivity index (χ0) is 20.5. The summed E-state index contributed by atoms with van der Waals surface area (Å²) >= 11 is 0. The van der Waals surface area contributed by atoms with Crippen LogP contribution in [-0.4, -0.2) is 79.0 Å². The molecule has 0 amide bonds. The van der Waals surface area contributed by atoms with Crippen LogP contribution in [-0.2, 0) is 14.3 Å². The highest BCUT2D eigenvalue weighted by atomic mass is 16.6. The highest BCUT2D eigenvalue weighted by molar-refractivity contribution is 5.76. The molecule has 6 rings (SSSR count). The molecular weight excluding hydrogens is 378 g/mol. The summed E-state index contributed by atoms with van der Waals surface area (Å²) in [6.07, 6.45) is 9.86. The number of hydrogen-bond acceptors (Lipinski definition) is 5. The number of nitrogens with two attached hydrogens (primary N) is 1. The number of epoxide rings is 1. The number of ether oxygens (including phenoxy) is 2. The van der Waals surface area contributed by atoms with Crippen LogP contribution in [0.3, 0.4) is 0 Å². The molecule has 2 aliphatic carbocycles. The van der Waals surface area contributed by atoms with Crippen molar-refractivity contribution in [3.8, 4) is 0 Å². The van der Waals surface area contributed by atoms with Gasteiger partial charge < -0.3 is 14.8 Å². The molecule has 4 aliphatic heterocycles. The van der Waals surface area contributed by atoms with Gasteiger partial charge in [0.15, 0.2) is 0 Å². The maximum absolute atomic E-state index is 13.0. The summed E-state index contributed by atoms with van der Waals surface area (Å²) in [4.78, 5) is 18.2. The highest BCUT2D eigenvalue weighted by Crippen LogP contribution is 2.70. The van der Waals surface area contributed by atoms with E-state index >= 15 is 0 Å². The molecule has 0 radical (unpaired) electrons. The number of piperidine rings is 1. The predicted octanol–water partition coefficient (Wildman–Crippen LogP) is 1.20. The summed E-state index contributed by atoms with van der Waals surface area (Å²) in [5.41, 5.74) is 0.210. The van der Waals surface area contributed by atoms with Crippen molar-refractivity contribution < 1.29 is 19.6 Å². The average molecular weight is 419 g/mol. The summed E-state index contributed by atoms with van der Waals surface area (Å²) < 4.78 is 12.6. The highest BCUT2D eigenvalue weighted by Gasteiger charge is 2.78. The SMILES string of the molecule is C[C@@H]1CCC[C@@]2(C)C[C@H]3OC(=O)[C@H](CN4CCN(C5CCCC[NH2+]5)CC4)[C@@H]3[C@H]3O[C@@]132. The molecule has 30 heavy (non-hydrogen) atoms. The lowest BCUT2D eigenvalue weighted by Crippen LogP contribution is -2.95. The summed E-state index contributed by atoms with van der Waals surface area (Å²) in [7, 11) is 0. The molecule has 0 bridgehead atoms. The van der Waals surface area contributed by atoms with E-state index in [1.54, 1.807) is 0 Å². The monoisotopic (exact) mass is 418 g/mol. The van der Waals surface area contributed by atoms with Crippen molar-refractivity contribution in [1.29, 1.82) is 0 Å². The molecule has 2 N–H and O–H groups in total. The summed E-state index contributed by atoms with van der Waals surface area (Å²) in [5.74, 6) is 0.934. The van der Waals surface area contributed by atoms with E-state index < -0.39 is 0 Å². The van der Waals surface area contributed by atoms with Gasteiger partial charge in [0.1, 0.15) is 17.9 Å². The lowest BCUT2D eigenvalue weighted by atomic mass is 9.53. The number of carbonyl (C=O) groups is 1. The topological polar surface area (TPSA) is 61.9 Å². The number of nitrogens with zero attached hydrogens (tertiary/aromatic N) is 2. The molecule has 4 saturated heterocycles. The van der Waals surface area contributed by atoms with Crippen LogP contribution >= 0.6 is 0 Å². The Balaban J connectivity index is 1.12. The number of rotatable bonds is 3. The van der Waals surface area contributed by atoms with Crippen molar-refractivity contribution in [3.63, 3.8) is 0 Å². The molecule has 6 heteroatoms. The number of quaternary nitrogens is 1. The van der Waals surface area contributed by atoms with Gasteiger partial charge in [0.25, 0.3) is 0 Å². The fourth-order valence-corrected chi connectivity index (χ4v) is 8.26. The zero-order valence-electron chi connectivity index (χ0n) is 18.9. The van der Waals surface area contributed by atoms with Crippen LogP contribution in [0.2, 0.25) is 0 Å². The number of piperazine rings is 1. The van der Waals surface area contributed by atoms with Gasteiger partial charge in [-0.25, -0.2) is 0 Å². The van der Waals surface area contributed by atoms with E-state index in [0.717, 1.165) is 39.1 Å². The molecule has 8 atom stereocenters. The predicted molar refractivity (Wildman–Crippen MR) is 113 cm³/mol. The van der Waals surface area contributed by atoms with Gasteiger partial charge >= 0.3 is 5.97 Å². The maximum atomic E-state index is 13.0. The first-order valence-corrected chi connectivity index (χ1v) is 12.7. The maximum Gasteiger partial charge on any atom is 0.311 e. The summed E-state index contributed by atoms with van der Waals surface area (Å²) in [6.45, 7) is 11.4. The fourth-order valence-electron chi connectivity index (χ4n) is 8.26. The minimum atomic E-state index is 0.00541. The Kier molecular flexibility index (Phi) is 4.76. The van der Waals surface area contributed by atoms with Crippen molar-refractivity contribution in [3.05, 3.63) is 0 Å². The number of hydrogen-bond donors (Lipinski definition) is 1. The van der Waals surface area contributed by atoms with E-state index in [0.29, 0.717) is 12.1 Å². The minimum absolute atomic E-state index is 0.00541. The third-order valence-electron chi connectivity index (χ3n) is 9.92. The standard InChI is InChI=1S/C24H39N3O3/c1-16-6-5-8-23(2)14-18-20(21-24(16,23)30-21)17(22(28)29-18)15-26-10-12-27(13-11-26)19-7-3-4-9-25-19/h16-21,25H,3-15H2,1-2H3/p+1/t16-,17-,18-,19?,20+,21-,23+,24+/m1/s1. The molecule has 0 aromatic heterocycles. The third-order valence-corrected chi connectivity index (χ3v) is 9.92. The van der Waals surface area contributed by atoms with Crippen LogP contribution in [0, 0.1) is 23.2 Å². The van der Waals surface area contributed by atoms with E-state index in [-0.39, 0.29) is 41.0 Å². The summed E-state index contributed by atoms with van der Waals surface area (Å²) in [5, 5.41) is 2.53. The van der Waals surface area contributed by atoms with Crippen LogP contribution in [0.25, 0.3) is 0 Å².